The molecule has 162 valence electrons. The van der Waals surface area contributed by atoms with Crippen molar-refractivity contribution < 1.29 is 13.3 Å². The molecule has 0 atom stereocenters. The van der Waals surface area contributed by atoms with Crippen molar-refractivity contribution in [3.8, 4) is 11.3 Å². The molecule has 0 fully saturated rings. The molecule has 1 N–H and O–H groups in total. The Bertz CT molecular complexity index is 1170. The SMILES string of the molecule is CCN(CC)S(=O)(=O)c1ccc(-c2csc(N/N=C/c3ccc([N+](=O)[O-])cc3)n2)cc1. The average molecular weight is 460 g/mol. The first-order chi connectivity index (χ1) is 14.8. The van der Waals surface area contributed by atoms with Gasteiger partial charge in [0, 0.05) is 36.2 Å². The van der Waals surface area contributed by atoms with E-state index in [9.17, 15) is 18.5 Å². The number of hydrogen-bond acceptors (Lipinski definition) is 8. The maximum Gasteiger partial charge on any atom is 0.269 e. The maximum absolute atomic E-state index is 12.6. The van der Waals surface area contributed by atoms with Crippen LogP contribution in [0.2, 0.25) is 0 Å². The molecule has 3 rings (SSSR count). The maximum atomic E-state index is 12.6. The Kier molecular flexibility index (Phi) is 7.10. The number of nitrogens with zero attached hydrogens (tertiary/aromatic N) is 4. The normalized spacial score (nSPS) is 11.8. The summed E-state index contributed by atoms with van der Waals surface area (Å²) < 4.78 is 26.6. The smallest absolute Gasteiger partial charge is 0.258 e. The lowest BCUT2D eigenvalue weighted by Gasteiger charge is -2.18. The van der Waals surface area contributed by atoms with Crippen LogP contribution in [0.15, 0.2) is 63.9 Å². The second-order valence-electron chi connectivity index (χ2n) is 6.37. The third-order valence-corrected chi connectivity index (χ3v) is 7.29. The molecule has 0 amide bonds. The molecule has 31 heavy (non-hydrogen) atoms. The predicted octanol–water partition coefficient (Wildman–Crippen LogP) is 4.19. The summed E-state index contributed by atoms with van der Waals surface area (Å²) in [5.41, 5.74) is 5.05. The van der Waals surface area contributed by atoms with Crippen LogP contribution < -0.4 is 5.43 Å². The van der Waals surface area contributed by atoms with Crippen molar-refractivity contribution in [1.29, 1.82) is 0 Å². The number of thiazole rings is 1. The van der Waals surface area contributed by atoms with Crippen molar-refractivity contribution in [2.45, 2.75) is 18.7 Å². The fraction of sp³-hybridized carbons (Fsp3) is 0.200. The van der Waals surface area contributed by atoms with Gasteiger partial charge in [-0.2, -0.15) is 9.41 Å². The van der Waals surface area contributed by atoms with Crippen molar-refractivity contribution in [3.05, 3.63) is 69.6 Å². The summed E-state index contributed by atoms with van der Waals surface area (Å²) in [6.07, 6.45) is 1.54. The van der Waals surface area contributed by atoms with Crippen molar-refractivity contribution in [1.82, 2.24) is 9.29 Å². The molecule has 0 aliphatic heterocycles. The molecule has 0 aliphatic rings. The lowest BCUT2D eigenvalue weighted by molar-refractivity contribution is -0.384. The van der Waals surface area contributed by atoms with Crippen LogP contribution in [0.3, 0.4) is 0 Å². The van der Waals surface area contributed by atoms with E-state index in [0.717, 1.165) is 5.56 Å². The van der Waals surface area contributed by atoms with Crippen molar-refractivity contribution in [3.63, 3.8) is 0 Å². The number of non-ortho nitro benzene ring substituents is 1. The number of anilines is 1. The molecule has 0 aliphatic carbocycles. The second-order valence-corrected chi connectivity index (χ2v) is 9.17. The van der Waals surface area contributed by atoms with E-state index in [0.29, 0.717) is 29.5 Å². The fourth-order valence-corrected chi connectivity index (χ4v) is 4.94. The van der Waals surface area contributed by atoms with Crippen molar-refractivity contribution in [2.24, 2.45) is 5.10 Å². The Morgan fingerprint density at radius 2 is 1.77 bits per heavy atom. The van der Waals surface area contributed by atoms with Crippen LogP contribution in [0.25, 0.3) is 11.3 Å². The number of hydrazone groups is 1. The third-order valence-electron chi connectivity index (χ3n) is 4.48. The minimum atomic E-state index is -3.49. The van der Waals surface area contributed by atoms with Gasteiger partial charge in [0.05, 0.1) is 21.7 Å². The van der Waals surface area contributed by atoms with E-state index in [4.69, 9.17) is 0 Å². The number of nitro benzene ring substituents is 1. The summed E-state index contributed by atoms with van der Waals surface area (Å²) in [5.74, 6) is 0. The summed E-state index contributed by atoms with van der Waals surface area (Å²) in [6.45, 7) is 4.46. The molecule has 1 heterocycles. The minimum Gasteiger partial charge on any atom is -0.258 e. The van der Waals surface area contributed by atoms with Gasteiger partial charge in [0.15, 0.2) is 0 Å². The first kappa shape index (κ1) is 22.5. The monoisotopic (exact) mass is 459 g/mol. The third kappa shape index (κ3) is 5.32. The quantitative estimate of drug-likeness (QED) is 0.291. The van der Waals surface area contributed by atoms with Gasteiger partial charge in [-0.05, 0) is 29.8 Å². The number of benzene rings is 2. The molecular formula is C20H21N5O4S2. The van der Waals surface area contributed by atoms with Gasteiger partial charge in [0.2, 0.25) is 15.2 Å². The highest BCUT2D eigenvalue weighted by Gasteiger charge is 2.21. The van der Waals surface area contributed by atoms with E-state index in [-0.39, 0.29) is 10.6 Å². The highest BCUT2D eigenvalue weighted by Crippen LogP contribution is 2.26. The number of sulfonamides is 1. The number of nitro groups is 1. The van der Waals surface area contributed by atoms with Crippen molar-refractivity contribution >= 4 is 38.4 Å². The number of hydrogen-bond donors (Lipinski definition) is 1. The predicted molar refractivity (Wildman–Crippen MR) is 122 cm³/mol. The molecule has 0 spiro atoms. The molecule has 1 aromatic heterocycles. The molecular weight excluding hydrogens is 438 g/mol. The van der Waals surface area contributed by atoms with E-state index < -0.39 is 14.9 Å². The van der Waals surface area contributed by atoms with Gasteiger partial charge in [-0.25, -0.2) is 13.4 Å². The number of aromatic nitrogens is 1. The fourth-order valence-electron chi connectivity index (χ4n) is 2.81. The minimum absolute atomic E-state index is 0.0191. The average Bonchev–Trinajstić information content (AvgIpc) is 3.24. The van der Waals surface area contributed by atoms with Gasteiger partial charge < -0.3 is 0 Å². The Balaban J connectivity index is 1.67. The first-order valence-corrected chi connectivity index (χ1v) is 11.8. The van der Waals surface area contributed by atoms with E-state index in [1.54, 1.807) is 36.4 Å². The molecule has 11 heteroatoms. The van der Waals surface area contributed by atoms with E-state index >= 15 is 0 Å². The summed E-state index contributed by atoms with van der Waals surface area (Å²) in [5, 5.41) is 17.2. The molecule has 0 unspecified atom stereocenters. The first-order valence-electron chi connectivity index (χ1n) is 9.44. The number of rotatable bonds is 9. The van der Waals surface area contributed by atoms with E-state index in [2.05, 4.69) is 15.5 Å². The Morgan fingerprint density at radius 3 is 2.35 bits per heavy atom. The molecule has 0 radical (unpaired) electrons. The number of nitrogens with one attached hydrogen (secondary N) is 1. The van der Waals surface area contributed by atoms with Crippen LogP contribution in [-0.4, -0.2) is 41.9 Å². The lowest BCUT2D eigenvalue weighted by Crippen LogP contribution is -2.30. The molecule has 9 nitrogen and oxygen atoms in total. The Labute approximate surface area is 184 Å². The highest BCUT2D eigenvalue weighted by atomic mass is 32.2. The Morgan fingerprint density at radius 1 is 1.13 bits per heavy atom. The molecule has 3 aromatic rings. The summed E-state index contributed by atoms with van der Waals surface area (Å²) in [6, 6.07) is 12.7. The molecule has 2 aromatic carbocycles. The lowest BCUT2D eigenvalue weighted by atomic mass is 10.2. The summed E-state index contributed by atoms with van der Waals surface area (Å²) in [7, 11) is -3.49. The summed E-state index contributed by atoms with van der Waals surface area (Å²) >= 11 is 1.36. The van der Waals surface area contributed by atoms with Crippen LogP contribution in [0, 0.1) is 10.1 Å². The second kappa shape index (κ2) is 9.77. The van der Waals surface area contributed by atoms with Crippen LogP contribution in [0.4, 0.5) is 10.8 Å². The zero-order chi connectivity index (χ0) is 22.4. The van der Waals surface area contributed by atoms with E-state index in [1.807, 2.05) is 19.2 Å². The van der Waals surface area contributed by atoms with Crippen molar-refractivity contribution in [2.75, 3.05) is 18.5 Å². The van der Waals surface area contributed by atoms with Crippen LogP contribution in [0.5, 0.6) is 0 Å². The van der Waals surface area contributed by atoms with Gasteiger partial charge in [-0.15, -0.1) is 11.3 Å². The van der Waals surface area contributed by atoms with Gasteiger partial charge in [-0.3, -0.25) is 15.5 Å². The van der Waals surface area contributed by atoms with Gasteiger partial charge >= 0.3 is 0 Å². The van der Waals surface area contributed by atoms with Gasteiger partial charge in [0.25, 0.3) is 5.69 Å². The zero-order valence-electron chi connectivity index (χ0n) is 16.9. The topological polar surface area (TPSA) is 118 Å². The van der Waals surface area contributed by atoms with E-state index in [1.165, 1.54) is 34.0 Å². The van der Waals surface area contributed by atoms with Crippen LogP contribution in [0.1, 0.15) is 19.4 Å². The highest BCUT2D eigenvalue weighted by molar-refractivity contribution is 7.89. The largest absolute Gasteiger partial charge is 0.269 e. The van der Waals surface area contributed by atoms with Crippen LogP contribution in [-0.2, 0) is 10.0 Å². The summed E-state index contributed by atoms with van der Waals surface area (Å²) in [4.78, 5) is 14.9. The van der Waals surface area contributed by atoms with Gasteiger partial charge in [-0.1, -0.05) is 26.0 Å². The molecule has 0 saturated carbocycles. The Hall–Kier alpha value is -3.15. The zero-order valence-corrected chi connectivity index (χ0v) is 18.6. The molecule has 0 bridgehead atoms. The van der Waals surface area contributed by atoms with Gasteiger partial charge in [0.1, 0.15) is 0 Å². The van der Waals surface area contributed by atoms with Crippen LogP contribution >= 0.6 is 11.3 Å². The molecule has 0 saturated heterocycles. The standard InChI is InChI=1S/C20H21N5O4S2/c1-3-24(4-2)31(28,29)18-11-7-16(8-12-18)19-14-30-20(22-19)23-21-13-15-5-9-17(10-6-15)25(26)27/h5-14H,3-4H2,1-2H3,(H,22,23)/b21-13+.